The first-order chi connectivity index (χ1) is 7.95. The normalized spacial score (nSPS) is 17.4. The van der Waals surface area contributed by atoms with Gasteiger partial charge in [-0.15, -0.1) is 0 Å². The Labute approximate surface area is 102 Å². The molecule has 0 radical (unpaired) electrons. The van der Waals surface area contributed by atoms with Crippen LogP contribution in [-0.4, -0.2) is 51.3 Å². The molecule has 0 heterocycles. The van der Waals surface area contributed by atoms with Gasteiger partial charge in [-0.05, 0) is 12.8 Å². The minimum atomic E-state index is -3.21. The predicted octanol–water partition coefficient (Wildman–Crippen LogP) is 0.547. The monoisotopic (exact) mass is 264 g/mol. The molecule has 17 heavy (non-hydrogen) atoms. The summed E-state index contributed by atoms with van der Waals surface area (Å²) in [7, 11) is -1.93. The number of rotatable bonds is 5. The zero-order chi connectivity index (χ0) is 12.9. The maximum Gasteiger partial charge on any atom is 0.406 e. The molecule has 1 aliphatic rings. The molecule has 0 atom stereocenters. The number of carbonyl (C=O) groups excluding carboxylic acids is 1. The third kappa shape index (κ3) is 4.51. The van der Waals surface area contributed by atoms with E-state index < -0.39 is 16.1 Å². The highest BCUT2D eigenvalue weighted by molar-refractivity contribution is 7.88. The molecule has 100 valence electrons. The molecule has 0 aliphatic heterocycles. The van der Waals surface area contributed by atoms with Crippen LogP contribution in [0.3, 0.4) is 0 Å². The van der Waals surface area contributed by atoms with Gasteiger partial charge in [0.1, 0.15) is 0 Å². The molecule has 1 saturated carbocycles. The summed E-state index contributed by atoms with van der Waals surface area (Å²) in [4.78, 5) is 10.9. The molecule has 0 spiro atoms. The van der Waals surface area contributed by atoms with E-state index in [2.05, 4.69) is 10.1 Å². The lowest BCUT2D eigenvalue weighted by Crippen LogP contribution is -2.43. The van der Waals surface area contributed by atoms with Gasteiger partial charge in [0.25, 0.3) is 0 Å². The van der Waals surface area contributed by atoms with E-state index in [-0.39, 0.29) is 12.6 Å². The number of hydrogen-bond acceptors (Lipinski definition) is 4. The fourth-order valence-electron chi connectivity index (χ4n) is 2.15. The summed E-state index contributed by atoms with van der Waals surface area (Å²) in [6.07, 6.45) is 4.63. The van der Waals surface area contributed by atoms with Crippen molar-refractivity contribution in [2.75, 3.05) is 26.5 Å². The second-order valence-electron chi connectivity index (χ2n) is 4.23. The molecular weight excluding hydrogens is 244 g/mol. The second kappa shape index (κ2) is 6.20. The Kier molecular flexibility index (Phi) is 5.20. The summed E-state index contributed by atoms with van der Waals surface area (Å²) < 4.78 is 29.2. The van der Waals surface area contributed by atoms with Crippen LogP contribution in [0.2, 0.25) is 0 Å². The summed E-state index contributed by atoms with van der Waals surface area (Å²) in [6.45, 7) is 0.578. The molecule has 1 amide bonds. The van der Waals surface area contributed by atoms with Gasteiger partial charge < -0.3 is 10.1 Å². The minimum Gasteiger partial charge on any atom is -0.453 e. The molecule has 0 aromatic carbocycles. The Morgan fingerprint density at radius 2 is 2.00 bits per heavy atom. The summed E-state index contributed by atoms with van der Waals surface area (Å²) in [6, 6.07) is 0.0875. The van der Waals surface area contributed by atoms with Crippen molar-refractivity contribution in [3.8, 4) is 0 Å². The summed E-state index contributed by atoms with van der Waals surface area (Å²) in [5.41, 5.74) is 0. The summed E-state index contributed by atoms with van der Waals surface area (Å²) >= 11 is 0. The average Bonchev–Trinajstić information content (AvgIpc) is 2.75. The molecule has 0 unspecified atom stereocenters. The van der Waals surface area contributed by atoms with Gasteiger partial charge in [-0.3, -0.25) is 0 Å². The number of hydrogen-bond donors (Lipinski definition) is 1. The van der Waals surface area contributed by atoms with Crippen molar-refractivity contribution in [1.29, 1.82) is 0 Å². The Morgan fingerprint density at radius 3 is 2.47 bits per heavy atom. The average molecular weight is 264 g/mol. The van der Waals surface area contributed by atoms with Crippen molar-refractivity contribution < 1.29 is 17.9 Å². The fourth-order valence-corrected chi connectivity index (χ4v) is 3.33. The molecule has 1 aliphatic carbocycles. The van der Waals surface area contributed by atoms with Crippen molar-refractivity contribution >= 4 is 16.1 Å². The van der Waals surface area contributed by atoms with Gasteiger partial charge in [0, 0.05) is 19.1 Å². The van der Waals surface area contributed by atoms with Crippen molar-refractivity contribution in [1.82, 2.24) is 9.62 Å². The predicted molar refractivity (Wildman–Crippen MR) is 64.2 cm³/mol. The van der Waals surface area contributed by atoms with Crippen molar-refractivity contribution in [3.63, 3.8) is 0 Å². The quantitative estimate of drug-likeness (QED) is 0.786. The second-order valence-corrected chi connectivity index (χ2v) is 6.17. The van der Waals surface area contributed by atoms with Gasteiger partial charge in [-0.1, -0.05) is 12.8 Å². The van der Waals surface area contributed by atoms with E-state index in [1.807, 2.05) is 0 Å². The highest BCUT2D eigenvalue weighted by Crippen LogP contribution is 2.24. The fraction of sp³-hybridized carbons (Fsp3) is 0.900. The SMILES string of the molecule is COC(=O)NCCN(C1CCCC1)S(C)(=O)=O. The highest BCUT2D eigenvalue weighted by Gasteiger charge is 2.28. The number of alkyl carbamates (subject to hydrolysis) is 1. The molecule has 0 aromatic rings. The van der Waals surface area contributed by atoms with E-state index >= 15 is 0 Å². The first-order valence-electron chi connectivity index (χ1n) is 5.74. The molecule has 1 rings (SSSR count). The maximum atomic E-state index is 11.6. The Bertz CT molecular complexity index is 349. The van der Waals surface area contributed by atoms with Crippen LogP contribution >= 0.6 is 0 Å². The third-order valence-electron chi connectivity index (χ3n) is 2.94. The van der Waals surface area contributed by atoms with E-state index in [0.717, 1.165) is 25.7 Å². The molecule has 0 aromatic heterocycles. The molecule has 0 saturated heterocycles. The third-order valence-corrected chi connectivity index (χ3v) is 4.28. The van der Waals surface area contributed by atoms with Crippen LogP contribution in [-0.2, 0) is 14.8 Å². The Hall–Kier alpha value is -0.820. The number of sulfonamides is 1. The van der Waals surface area contributed by atoms with Crippen LogP contribution in [0.1, 0.15) is 25.7 Å². The highest BCUT2D eigenvalue weighted by atomic mass is 32.2. The number of nitrogens with zero attached hydrogens (tertiary/aromatic N) is 1. The van der Waals surface area contributed by atoms with Gasteiger partial charge in [0.05, 0.1) is 13.4 Å². The van der Waals surface area contributed by atoms with E-state index in [4.69, 9.17) is 0 Å². The minimum absolute atomic E-state index is 0.0875. The van der Waals surface area contributed by atoms with Gasteiger partial charge in [0.2, 0.25) is 10.0 Å². The molecule has 1 fully saturated rings. The standard InChI is InChI=1S/C10H20N2O4S/c1-16-10(13)11-7-8-12(17(2,14)15)9-5-3-4-6-9/h9H,3-8H2,1-2H3,(H,11,13). The van der Waals surface area contributed by atoms with E-state index in [1.54, 1.807) is 0 Å². The van der Waals surface area contributed by atoms with Crippen LogP contribution in [0, 0.1) is 0 Å². The number of methoxy groups -OCH3 is 1. The van der Waals surface area contributed by atoms with Crippen LogP contribution in [0.5, 0.6) is 0 Å². The molecular formula is C10H20N2O4S. The number of nitrogens with one attached hydrogen (secondary N) is 1. The van der Waals surface area contributed by atoms with E-state index in [0.29, 0.717) is 6.54 Å². The number of amides is 1. The van der Waals surface area contributed by atoms with E-state index in [1.165, 1.54) is 17.7 Å². The molecule has 6 nitrogen and oxygen atoms in total. The lowest BCUT2D eigenvalue weighted by atomic mass is 10.2. The summed E-state index contributed by atoms with van der Waals surface area (Å²) in [5.74, 6) is 0. The first-order valence-corrected chi connectivity index (χ1v) is 7.58. The van der Waals surface area contributed by atoms with Crippen LogP contribution in [0.25, 0.3) is 0 Å². The Morgan fingerprint density at radius 1 is 1.41 bits per heavy atom. The van der Waals surface area contributed by atoms with Crippen LogP contribution < -0.4 is 5.32 Å². The van der Waals surface area contributed by atoms with Crippen molar-refractivity contribution in [2.24, 2.45) is 0 Å². The number of ether oxygens (including phenoxy) is 1. The summed E-state index contributed by atoms with van der Waals surface area (Å²) in [5, 5.41) is 2.49. The van der Waals surface area contributed by atoms with Gasteiger partial charge >= 0.3 is 6.09 Å². The molecule has 7 heteroatoms. The molecule has 1 N–H and O–H groups in total. The van der Waals surface area contributed by atoms with E-state index in [9.17, 15) is 13.2 Å². The topological polar surface area (TPSA) is 75.7 Å². The van der Waals surface area contributed by atoms with Gasteiger partial charge in [0.15, 0.2) is 0 Å². The van der Waals surface area contributed by atoms with Gasteiger partial charge in [-0.25, -0.2) is 13.2 Å². The first kappa shape index (κ1) is 14.2. The smallest absolute Gasteiger partial charge is 0.406 e. The maximum absolute atomic E-state index is 11.6. The number of carbonyl (C=O) groups is 1. The lowest BCUT2D eigenvalue weighted by Gasteiger charge is -2.26. The van der Waals surface area contributed by atoms with Crippen molar-refractivity contribution in [2.45, 2.75) is 31.7 Å². The van der Waals surface area contributed by atoms with Crippen molar-refractivity contribution in [3.05, 3.63) is 0 Å². The largest absolute Gasteiger partial charge is 0.453 e. The molecule has 0 bridgehead atoms. The van der Waals surface area contributed by atoms with Gasteiger partial charge in [-0.2, -0.15) is 4.31 Å². The zero-order valence-electron chi connectivity index (χ0n) is 10.3. The van der Waals surface area contributed by atoms with Crippen LogP contribution in [0.15, 0.2) is 0 Å². The lowest BCUT2D eigenvalue weighted by molar-refractivity contribution is 0.169. The zero-order valence-corrected chi connectivity index (χ0v) is 11.1. The van der Waals surface area contributed by atoms with Crippen LogP contribution in [0.4, 0.5) is 4.79 Å². The Balaban J connectivity index is 2.50.